The summed E-state index contributed by atoms with van der Waals surface area (Å²) in [5, 5.41) is 4.08. The van der Waals surface area contributed by atoms with E-state index in [1.54, 1.807) is 30.1 Å². The van der Waals surface area contributed by atoms with Gasteiger partial charge in [0.1, 0.15) is 17.2 Å². The molecule has 1 aromatic heterocycles. The molecule has 5 rings (SSSR count). The van der Waals surface area contributed by atoms with Crippen molar-refractivity contribution < 1.29 is 18.4 Å². The topological polar surface area (TPSA) is 65.8 Å². The van der Waals surface area contributed by atoms with Gasteiger partial charge in [-0.15, -0.1) is 0 Å². The summed E-state index contributed by atoms with van der Waals surface area (Å²) in [5.74, 6) is -0.153. The van der Waals surface area contributed by atoms with Crippen LogP contribution in [0.1, 0.15) is 32.8 Å². The van der Waals surface area contributed by atoms with E-state index in [0.29, 0.717) is 23.6 Å². The number of nitrogens with one attached hydrogen (secondary N) is 1. The van der Waals surface area contributed by atoms with Gasteiger partial charge in [0.25, 0.3) is 5.91 Å². The Hall–Kier alpha value is -3.84. The first-order valence-corrected chi connectivity index (χ1v) is 11.5. The summed E-state index contributed by atoms with van der Waals surface area (Å²) in [4.78, 5) is 28.9. The number of carbonyl (C=O) groups excluding carboxylic acids is 2. The Kier molecular flexibility index (Phi) is 5.94. The fourth-order valence-corrected chi connectivity index (χ4v) is 4.49. The van der Waals surface area contributed by atoms with Gasteiger partial charge in [-0.2, -0.15) is 0 Å². The molecule has 4 aromatic rings. The molecule has 1 aliphatic rings. The number of benzene rings is 3. The van der Waals surface area contributed by atoms with Crippen LogP contribution in [0.25, 0.3) is 11.0 Å². The second-order valence-corrected chi connectivity index (χ2v) is 9.11. The SMILES string of the molecule is Cc1ccc2cc(CNC(=O)c3ccc4c(c3)N(Cc3c(F)cccc3Cl)C(=O)N(C)C4)oc2c1. The molecule has 0 unspecified atom stereocenters. The van der Waals surface area contributed by atoms with Crippen LogP contribution in [0.15, 0.2) is 65.1 Å². The van der Waals surface area contributed by atoms with Gasteiger partial charge in [0.05, 0.1) is 18.8 Å². The molecule has 35 heavy (non-hydrogen) atoms. The van der Waals surface area contributed by atoms with Crippen LogP contribution in [-0.2, 0) is 19.6 Å². The van der Waals surface area contributed by atoms with Crippen molar-refractivity contribution in [3.63, 3.8) is 0 Å². The number of hydrogen-bond acceptors (Lipinski definition) is 3. The highest BCUT2D eigenvalue weighted by Gasteiger charge is 2.30. The van der Waals surface area contributed by atoms with E-state index in [1.807, 2.05) is 37.3 Å². The number of carbonyl (C=O) groups is 2. The summed E-state index contributed by atoms with van der Waals surface area (Å²) in [7, 11) is 1.68. The lowest BCUT2D eigenvalue weighted by atomic mass is 10.0. The number of anilines is 1. The minimum Gasteiger partial charge on any atom is -0.459 e. The normalized spacial score (nSPS) is 13.3. The highest BCUT2D eigenvalue weighted by atomic mass is 35.5. The molecule has 3 amide bonds. The first kappa shape index (κ1) is 22.9. The van der Waals surface area contributed by atoms with Crippen LogP contribution in [0.5, 0.6) is 0 Å². The highest BCUT2D eigenvalue weighted by molar-refractivity contribution is 6.31. The van der Waals surface area contributed by atoms with Crippen molar-refractivity contribution in [3.8, 4) is 0 Å². The zero-order chi connectivity index (χ0) is 24.7. The highest BCUT2D eigenvalue weighted by Crippen LogP contribution is 2.32. The molecule has 0 radical (unpaired) electrons. The van der Waals surface area contributed by atoms with Gasteiger partial charge >= 0.3 is 6.03 Å². The summed E-state index contributed by atoms with van der Waals surface area (Å²) in [6.45, 7) is 2.55. The van der Waals surface area contributed by atoms with E-state index in [4.69, 9.17) is 16.0 Å². The van der Waals surface area contributed by atoms with Gasteiger partial charge in [0.15, 0.2) is 0 Å². The molecular formula is C27H23ClFN3O3. The van der Waals surface area contributed by atoms with E-state index >= 15 is 0 Å². The molecule has 2 heterocycles. The predicted octanol–water partition coefficient (Wildman–Crippen LogP) is 6.04. The van der Waals surface area contributed by atoms with E-state index in [9.17, 15) is 14.0 Å². The minimum absolute atomic E-state index is 0.0504. The number of halogens is 2. The lowest BCUT2D eigenvalue weighted by Gasteiger charge is -2.35. The molecule has 3 aromatic carbocycles. The van der Waals surface area contributed by atoms with Crippen LogP contribution >= 0.6 is 11.6 Å². The fourth-order valence-electron chi connectivity index (χ4n) is 4.27. The monoisotopic (exact) mass is 491 g/mol. The molecule has 0 bridgehead atoms. The number of rotatable bonds is 5. The van der Waals surface area contributed by atoms with Gasteiger partial charge in [-0.3, -0.25) is 9.69 Å². The third-order valence-corrected chi connectivity index (χ3v) is 6.49. The van der Waals surface area contributed by atoms with Gasteiger partial charge in [0, 0.05) is 35.1 Å². The minimum atomic E-state index is -0.491. The lowest BCUT2D eigenvalue weighted by molar-refractivity contribution is 0.0948. The molecule has 0 aliphatic carbocycles. The summed E-state index contributed by atoms with van der Waals surface area (Å²) in [6.07, 6.45) is 0. The van der Waals surface area contributed by atoms with Crippen LogP contribution in [-0.4, -0.2) is 23.9 Å². The third kappa shape index (κ3) is 4.47. The molecule has 0 atom stereocenters. The lowest BCUT2D eigenvalue weighted by Crippen LogP contribution is -2.45. The average molecular weight is 492 g/mol. The van der Waals surface area contributed by atoms with Crippen LogP contribution in [0.2, 0.25) is 5.02 Å². The molecule has 0 saturated heterocycles. The van der Waals surface area contributed by atoms with E-state index in [2.05, 4.69) is 5.32 Å². The Balaban J connectivity index is 1.39. The third-order valence-electron chi connectivity index (χ3n) is 6.13. The molecule has 178 valence electrons. The first-order valence-electron chi connectivity index (χ1n) is 11.2. The Morgan fingerprint density at radius 2 is 1.97 bits per heavy atom. The van der Waals surface area contributed by atoms with Crippen molar-refractivity contribution in [2.24, 2.45) is 0 Å². The van der Waals surface area contributed by atoms with Gasteiger partial charge in [-0.05, 0) is 54.4 Å². The van der Waals surface area contributed by atoms with Crippen molar-refractivity contribution in [2.75, 3.05) is 11.9 Å². The predicted molar refractivity (Wildman–Crippen MR) is 133 cm³/mol. The second kappa shape index (κ2) is 9.07. The quantitative estimate of drug-likeness (QED) is 0.370. The molecule has 1 N–H and O–H groups in total. The van der Waals surface area contributed by atoms with E-state index < -0.39 is 5.82 Å². The number of urea groups is 1. The van der Waals surface area contributed by atoms with Crippen molar-refractivity contribution in [2.45, 2.75) is 26.6 Å². The Morgan fingerprint density at radius 3 is 2.77 bits per heavy atom. The number of fused-ring (bicyclic) bond motifs is 2. The van der Waals surface area contributed by atoms with Gasteiger partial charge in [-0.25, -0.2) is 9.18 Å². The number of aryl methyl sites for hydroxylation is 1. The Bertz CT molecular complexity index is 1450. The fraction of sp³-hybridized carbons (Fsp3) is 0.185. The summed E-state index contributed by atoms with van der Waals surface area (Å²) < 4.78 is 20.3. The summed E-state index contributed by atoms with van der Waals surface area (Å²) in [6, 6.07) is 17.1. The molecule has 8 heteroatoms. The van der Waals surface area contributed by atoms with E-state index in [1.165, 1.54) is 17.0 Å². The van der Waals surface area contributed by atoms with Crippen molar-refractivity contribution in [1.82, 2.24) is 10.2 Å². The zero-order valence-corrected chi connectivity index (χ0v) is 20.0. The van der Waals surface area contributed by atoms with Crippen molar-refractivity contribution >= 4 is 40.2 Å². The number of nitrogens with zero attached hydrogens (tertiary/aromatic N) is 2. The largest absolute Gasteiger partial charge is 0.459 e. The van der Waals surface area contributed by atoms with E-state index in [-0.39, 0.29) is 35.6 Å². The Labute approximate surface area is 206 Å². The van der Waals surface area contributed by atoms with Crippen LogP contribution in [0.3, 0.4) is 0 Å². The molecular weight excluding hydrogens is 469 g/mol. The maximum absolute atomic E-state index is 14.5. The molecule has 1 aliphatic heterocycles. The smallest absolute Gasteiger partial charge is 0.324 e. The van der Waals surface area contributed by atoms with Crippen LogP contribution in [0.4, 0.5) is 14.9 Å². The molecule has 0 saturated carbocycles. The van der Waals surface area contributed by atoms with Crippen molar-refractivity contribution in [1.29, 1.82) is 0 Å². The number of furan rings is 1. The average Bonchev–Trinajstić information content (AvgIpc) is 3.24. The van der Waals surface area contributed by atoms with Gasteiger partial charge < -0.3 is 14.6 Å². The number of hydrogen-bond donors (Lipinski definition) is 1. The first-order chi connectivity index (χ1) is 16.8. The van der Waals surface area contributed by atoms with Crippen LogP contribution < -0.4 is 10.2 Å². The second-order valence-electron chi connectivity index (χ2n) is 8.71. The maximum Gasteiger partial charge on any atom is 0.324 e. The summed E-state index contributed by atoms with van der Waals surface area (Å²) in [5.41, 5.74) is 3.88. The Morgan fingerprint density at radius 1 is 1.14 bits per heavy atom. The molecule has 0 spiro atoms. The maximum atomic E-state index is 14.5. The van der Waals surface area contributed by atoms with Gasteiger partial charge in [0.2, 0.25) is 0 Å². The van der Waals surface area contributed by atoms with Gasteiger partial charge in [-0.1, -0.05) is 35.9 Å². The molecule has 6 nitrogen and oxygen atoms in total. The van der Waals surface area contributed by atoms with Crippen LogP contribution in [0, 0.1) is 12.7 Å². The zero-order valence-electron chi connectivity index (χ0n) is 19.3. The number of amides is 3. The standard InChI is InChI=1S/C27H23ClFN3O3/c1-16-6-7-17-11-20(35-25(17)10-16)13-30-26(33)18-8-9-19-14-31(2)27(34)32(24(19)12-18)15-21-22(28)4-3-5-23(21)29/h3-12H,13-15H2,1-2H3,(H,30,33). The van der Waals surface area contributed by atoms with E-state index in [0.717, 1.165) is 22.1 Å². The van der Waals surface area contributed by atoms with Crippen molar-refractivity contribution in [3.05, 3.63) is 99.5 Å². The molecule has 0 fully saturated rings. The summed E-state index contributed by atoms with van der Waals surface area (Å²) >= 11 is 6.21.